The van der Waals surface area contributed by atoms with E-state index in [1.165, 1.54) is 23.9 Å². The average molecular weight is 240 g/mol. The van der Waals surface area contributed by atoms with E-state index in [0.717, 1.165) is 24.2 Å². The van der Waals surface area contributed by atoms with Crippen molar-refractivity contribution in [2.24, 2.45) is 0 Å². The first kappa shape index (κ1) is 13.2. The van der Waals surface area contributed by atoms with Gasteiger partial charge in [0.05, 0.1) is 5.75 Å². The molecule has 0 unspecified atom stereocenters. The lowest BCUT2D eigenvalue weighted by atomic mass is 10.2. The minimum atomic E-state index is -0.247. The van der Waals surface area contributed by atoms with Gasteiger partial charge < -0.3 is 0 Å². The minimum Gasteiger partial charge on any atom is -0.299 e. The van der Waals surface area contributed by atoms with Gasteiger partial charge in [0.25, 0.3) is 0 Å². The van der Waals surface area contributed by atoms with Gasteiger partial charge in [-0.15, -0.1) is 11.8 Å². The van der Waals surface area contributed by atoms with E-state index in [1.807, 2.05) is 6.07 Å². The average Bonchev–Trinajstić information content (AvgIpc) is 2.27. The number of hydrogen-bond acceptors (Lipinski definition) is 2. The molecule has 0 aromatic heterocycles. The maximum Gasteiger partial charge on any atom is 0.143 e. The predicted molar refractivity (Wildman–Crippen MR) is 66.3 cm³/mol. The van der Waals surface area contributed by atoms with Crippen molar-refractivity contribution < 1.29 is 9.18 Å². The molecule has 88 valence electrons. The Bertz CT molecular complexity index is 338. The standard InChI is InChI=1S/C13H17FOS/c1-2-3-4-7-12(15)10-16-13-8-5-6-11(14)9-13/h5-6,8-9H,2-4,7,10H2,1H3. The molecular formula is C13H17FOS. The van der Waals surface area contributed by atoms with Crippen LogP contribution in [0.2, 0.25) is 0 Å². The highest BCUT2D eigenvalue weighted by Crippen LogP contribution is 2.19. The zero-order valence-corrected chi connectivity index (χ0v) is 10.4. The quantitative estimate of drug-likeness (QED) is 0.528. The second-order valence-corrected chi connectivity index (χ2v) is 4.79. The topological polar surface area (TPSA) is 17.1 Å². The van der Waals surface area contributed by atoms with Crippen molar-refractivity contribution in [3.8, 4) is 0 Å². The summed E-state index contributed by atoms with van der Waals surface area (Å²) in [5.74, 6) is 0.457. The van der Waals surface area contributed by atoms with Crippen molar-refractivity contribution in [2.45, 2.75) is 37.5 Å². The van der Waals surface area contributed by atoms with E-state index in [-0.39, 0.29) is 11.6 Å². The van der Waals surface area contributed by atoms with Gasteiger partial charge in [0.2, 0.25) is 0 Å². The summed E-state index contributed by atoms with van der Waals surface area (Å²) in [6.07, 6.45) is 3.86. The van der Waals surface area contributed by atoms with Gasteiger partial charge in [-0.1, -0.05) is 25.8 Å². The molecule has 0 saturated carbocycles. The molecule has 3 heteroatoms. The van der Waals surface area contributed by atoms with Crippen LogP contribution in [0.1, 0.15) is 32.6 Å². The number of ketones is 1. The van der Waals surface area contributed by atoms with E-state index in [0.29, 0.717) is 12.2 Å². The zero-order valence-electron chi connectivity index (χ0n) is 9.54. The number of benzene rings is 1. The molecule has 1 rings (SSSR count). The van der Waals surface area contributed by atoms with Crippen LogP contribution in [-0.4, -0.2) is 11.5 Å². The van der Waals surface area contributed by atoms with Gasteiger partial charge in [0.15, 0.2) is 0 Å². The Morgan fingerprint density at radius 3 is 2.88 bits per heavy atom. The molecular weight excluding hydrogens is 223 g/mol. The molecule has 0 radical (unpaired) electrons. The molecule has 0 bridgehead atoms. The SMILES string of the molecule is CCCCCC(=O)CSc1cccc(F)c1. The summed E-state index contributed by atoms with van der Waals surface area (Å²) in [7, 11) is 0. The molecule has 0 amide bonds. The molecule has 1 aromatic rings. The number of carbonyl (C=O) groups excluding carboxylic acids is 1. The van der Waals surface area contributed by atoms with Crippen LogP contribution in [0.15, 0.2) is 29.2 Å². The van der Waals surface area contributed by atoms with E-state index in [4.69, 9.17) is 0 Å². The third-order valence-electron chi connectivity index (χ3n) is 2.26. The molecule has 0 heterocycles. The molecule has 0 N–H and O–H groups in total. The van der Waals surface area contributed by atoms with Crippen molar-refractivity contribution >= 4 is 17.5 Å². The van der Waals surface area contributed by atoms with Crippen LogP contribution in [0, 0.1) is 5.82 Å². The summed E-state index contributed by atoms with van der Waals surface area (Å²) >= 11 is 1.41. The first-order chi connectivity index (χ1) is 7.72. The summed E-state index contributed by atoms with van der Waals surface area (Å²) < 4.78 is 12.8. The first-order valence-electron chi connectivity index (χ1n) is 5.62. The second kappa shape index (κ2) is 7.44. The van der Waals surface area contributed by atoms with Crippen molar-refractivity contribution in [1.29, 1.82) is 0 Å². The fraction of sp³-hybridized carbons (Fsp3) is 0.462. The van der Waals surface area contributed by atoms with Crippen LogP contribution >= 0.6 is 11.8 Å². The number of unbranched alkanes of at least 4 members (excludes halogenated alkanes) is 2. The molecule has 0 spiro atoms. The highest BCUT2D eigenvalue weighted by atomic mass is 32.2. The number of Topliss-reactive ketones (excluding diaryl/α,β-unsaturated/α-hetero) is 1. The van der Waals surface area contributed by atoms with Crippen molar-refractivity contribution in [2.75, 3.05) is 5.75 Å². The number of rotatable bonds is 7. The molecule has 0 aliphatic rings. The third kappa shape index (κ3) is 5.31. The largest absolute Gasteiger partial charge is 0.299 e. The Hall–Kier alpha value is -0.830. The normalized spacial score (nSPS) is 10.4. The van der Waals surface area contributed by atoms with E-state index in [9.17, 15) is 9.18 Å². The molecule has 0 aliphatic carbocycles. The van der Waals surface area contributed by atoms with Gasteiger partial charge >= 0.3 is 0 Å². The van der Waals surface area contributed by atoms with Gasteiger partial charge in [0.1, 0.15) is 11.6 Å². The van der Waals surface area contributed by atoms with Crippen molar-refractivity contribution in [1.82, 2.24) is 0 Å². The van der Waals surface area contributed by atoms with E-state index in [1.54, 1.807) is 6.07 Å². The fourth-order valence-electron chi connectivity index (χ4n) is 1.36. The Balaban J connectivity index is 2.26. The van der Waals surface area contributed by atoms with Crippen molar-refractivity contribution in [3.05, 3.63) is 30.1 Å². The number of halogens is 1. The van der Waals surface area contributed by atoms with Gasteiger partial charge in [-0.25, -0.2) is 4.39 Å². The van der Waals surface area contributed by atoms with Gasteiger partial charge in [-0.2, -0.15) is 0 Å². The Morgan fingerprint density at radius 1 is 1.38 bits per heavy atom. The van der Waals surface area contributed by atoms with Gasteiger partial charge in [-0.3, -0.25) is 4.79 Å². The summed E-state index contributed by atoms with van der Waals surface area (Å²) in [6, 6.07) is 6.36. The Labute approximate surface area is 100 Å². The molecule has 0 saturated heterocycles. The van der Waals surface area contributed by atoms with Crippen LogP contribution in [0.5, 0.6) is 0 Å². The summed E-state index contributed by atoms with van der Waals surface area (Å²) in [6.45, 7) is 2.12. The van der Waals surface area contributed by atoms with Crippen molar-refractivity contribution in [3.63, 3.8) is 0 Å². The first-order valence-corrected chi connectivity index (χ1v) is 6.61. The summed E-state index contributed by atoms with van der Waals surface area (Å²) in [4.78, 5) is 12.3. The molecule has 16 heavy (non-hydrogen) atoms. The molecule has 1 aromatic carbocycles. The van der Waals surface area contributed by atoms with Crippen LogP contribution in [0.4, 0.5) is 4.39 Å². The Kier molecular flexibility index (Phi) is 6.16. The summed E-state index contributed by atoms with van der Waals surface area (Å²) in [5.41, 5.74) is 0. The zero-order chi connectivity index (χ0) is 11.8. The van der Waals surface area contributed by atoms with Crippen LogP contribution in [-0.2, 0) is 4.79 Å². The van der Waals surface area contributed by atoms with Gasteiger partial charge in [0, 0.05) is 11.3 Å². The Morgan fingerprint density at radius 2 is 2.19 bits per heavy atom. The van der Waals surface area contributed by atoms with Gasteiger partial charge in [-0.05, 0) is 24.6 Å². The second-order valence-electron chi connectivity index (χ2n) is 3.74. The van der Waals surface area contributed by atoms with E-state index < -0.39 is 0 Å². The number of carbonyl (C=O) groups is 1. The molecule has 0 atom stereocenters. The third-order valence-corrected chi connectivity index (χ3v) is 3.31. The molecule has 1 nitrogen and oxygen atoms in total. The lowest BCUT2D eigenvalue weighted by Gasteiger charge is -2.01. The number of thioether (sulfide) groups is 1. The van der Waals surface area contributed by atoms with E-state index >= 15 is 0 Å². The smallest absolute Gasteiger partial charge is 0.143 e. The van der Waals surface area contributed by atoms with E-state index in [2.05, 4.69) is 6.92 Å². The maximum atomic E-state index is 12.8. The highest BCUT2D eigenvalue weighted by Gasteiger charge is 2.03. The maximum absolute atomic E-state index is 12.8. The monoisotopic (exact) mass is 240 g/mol. The molecule has 0 aliphatic heterocycles. The predicted octanol–water partition coefficient (Wildman–Crippen LogP) is 4.07. The summed E-state index contributed by atoms with van der Waals surface area (Å²) in [5, 5.41) is 0. The highest BCUT2D eigenvalue weighted by molar-refractivity contribution is 8.00. The van der Waals surface area contributed by atoms with Crippen LogP contribution in [0.25, 0.3) is 0 Å². The van der Waals surface area contributed by atoms with Crippen LogP contribution in [0.3, 0.4) is 0 Å². The minimum absolute atomic E-state index is 0.247. The number of hydrogen-bond donors (Lipinski definition) is 0. The molecule has 0 fully saturated rings. The lowest BCUT2D eigenvalue weighted by Crippen LogP contribution is -2.00. The fourth-order valence-corrected chi connectivity index (χ4v) is 2.21. The van der Waals surface area contributed by atoms with Crippen LogP contribution < -0.4 is 0 Å². The lowest BCUT2D eigenvalue weighted by molar-refractivity contribution is -0.116.